The Morgan fingerprint density at radius 1 is 1.40 bits per heavy atom. The summed E-state index contributed by atoms with van der Waals surface area (Å²) >= 11 is 0. The van der Waals surface area contributed by atoms with Gasteiger partial charge in [0.1, 0.15) is 0 Å². The number of hydrogen-bond acceptors (Lipinski definition) is 3. The van der Waals surface area contributed by atoms with Gasteiger partial charge in [0.15, 0.2) is 0 Å². The summed E-state index contributed by atoms with van der Waals surface area (Å²) in [6.45, 7) is 4.41. The fraction of sp³-hybridized carbons (Fsp3) is 0.214. The summed E-state index contributed by atoms with van der Waals surface area (Å²) in [6, 6.07) is 3.62. The van der Waals surface area contributed by atoms with Gasteiger partial charge in [-0.15, -0.1) is 6.58 Å². The minimum Gasteiger partial charge on any atom is -0.335 e. The molecule has 0 aromatic carbocycles. The van der Waals surface area contributed by atoms with E-state index >= 15 is 0 Å². The Morgan fingerprint density at radius 3 is 2.85 bits per heavy atom. The summed E-state index contributed by atoms with van der Waals surface area (Å²) in [5.41, 5.74) is 2.76. The van der Waals surface area contributed by atoms with E-state index in [4.69, 9.17) is 0 Å². The van der Waals surface area contributed by atoms with Gasteiger partial charge < -0.3 is 10.6 Å². The van der Waals surface area contributed by atoms with E-state index in [9.17, 15) is 4.79 Å². The quantitative estimate of drug-likeness (QED) is 0.809. The molecule has 2 rings (SSSR count). The fourth-order valence-corrected chi connectivity index (χ4v) is 1.66. The van der Waals surface area contributed by atoms with Crippen molar-refractivity contribution >= 4 is 6.03 Å². The normalized spacial score (nSPS) is 10.1. The van der Waals surface area contributed by atoms with Crippen molar-refractivity contribution in [2.75, 3.05) is 6.54 Å². The topological polar surface area (TPSA) is 71.8 Å². The number of amides is 2. The summed E-state index contributed by atoms with van der Waals surface area (Å²) in [5.74, 6) is 0. The van der Waals surface area contributed by atoms with Crippen molar-refractivity contribution in [3.8, 4) is 11.3 Å². The van der Waals surface area contributed by atoms with Gasteiger partial charge in [-0.2, -0.15) is 5.10 Å². The Morgan fingerprint density at radius 2 is 2.25 bits per heavy atom. The predicted molar refractivity (Wildman–Crippen MR) is 76.9 cm³/mol. The monoisotopic (exact) mass is 271 g/mol. The van der Waals surface area contributed by atoms with Crippen LogP contribution in [0.25, 0.3) is 11.3 Å². The van der Waals surface area contributed by atoms with Gasteiger partial charge in [0.05, 0.1) is 11.9 Å². The van der Waals surface area contributed by atoms with Gasteiger partial charge in [-0.25, -0.2) is 4.79 Å². The maximum Gasteiger partial charge on any atom is 0.315 e. The second kappa shape index (κ2) is 6.51. The third-order valence-corrected chi connectivity index (χ3v) is 2.69. The van der Waals surface area contributed by atoms with E-state index in [0.29, 0.717) is 13.1 Å². The van der Waals surface area contributed by atoms with E-state index in [2.05, 4.69) is 27.3 Å². The second-order valence-corrected chi connectivity index (χ2v) is 4.31. The van der Waals surface area contributed by atoms with Crippen molar-refractivity contribution in [3.63, 3.8) is 0 Å². The smallest absolute Gasteiger partial charge is 0.315 e. The second-order valence-electron chi connectivity index (χ2n) is 4.31. The van der Waals surface area contributed by atoms with Gasteiger partial charge in [0, 0.05) is 38.1 Å². The zero-order valence-electron chi connectivity index (χ0n) is 11.3. The minimum absolute atomic E-state index is 0.221. The average molecular weight is 271 g/mol. The molecule has 0 atom stereocenters. The summed E-state index contributed by atoms with van der Waals surface area (Å²) in [5, 5.41) is 9.49. The van der Waals surface area contributed by atoms with Gasteiger partial charge >= 0.3 is 6.03 Å². The Bertz CT molecular complexity index is 588. The molecule has 2 N–H and O–H groups in total. The van der Waals surface area contributed by atoms with Gasteiger partial charge in [-0.3, -0.25) is 9.67 Å². The SMILES string of the molecule is C=CCNC(=O)NCc1ccc(-c2cnn(C)c2)nc1. The molecular formula is C14H17N5O. The molecule has 104 valence electrons. The summed E-state index contributed by atoms with van der Waals surface area (Å²) < 4.78 is 1.73. The summed E-state index contributed by atoms with van der Waals surface area (Å²) in [4.78, 5) is 15.7. The molecule has 0 aliphatic heterocycles. The molecule has 0 aliphatic carbocycles. The first-order valence-corrected chi connectivity index (χ1v) is 6.25. The van der Waals surface area contributed by atoms with Gasteiger partial charge in [0.2, 0.25) is 0 Å². The minimum atomic E-state index is -0.221. The molecule has 6 nitrogen and oxygen atoms in total. The number of nitrogens with zero attached hydrogens (tertiary/aromatic N) is 3. The lowest BCUT2D eigenvalue weighted by molar-refractivity contribution is 0.241. The van der Waals surface area contributed by atoms with Crippen LogP contribution in [0.5, 0.6) is 0 Å². The number of rotatable bonds is 5. The third kappa shape index (κ3) is 3.68. The van der Waals surface area contributed by atoms with Crippen molar-refractivity contribution in [2.24, 2.45) is 7.05 Å². The lowest BCUT2D eigenvalue weighted by Crippen LogP contribution is -2.34. The summed E-state index contributed by atoms with van der Waals surface area (Å²) in [6.07, 6.45) is 7.05. The average Bonchev–Trinajstić information content (AvgIpc) is 2.90. The molecule has 2 amide bonds. The molecule has 0 spiro atoms. The Kier molecular flexibility index (Phi) is 4.49. The molecule has 0 radical (unpaired) electrons. The number of carbonyl (C=O) groups is 1. The first-order valence-electron chi connectivity index (χ1n) is 6.25. The molecule has 20 heavy (non-hydrogen) atoms. The van der Waals surface area contributed by atoms with Gasteiger partial charge in [-0.1, -0.05) is 12.1 Å². The highest BCUT2D eigenvalue weighted by atomic mass is 16.2. The molecule has 2 aromatic heterocycles. The van der Waals surface area contributed by atoms with E-state index in [0.717, 1.165) is 16.8 Å². The van der Waals surface area contributed by atoms with E-state index < -0.39 is 0 Å². The number of aryl methyl sites for hydroxylation is 1. The van der Waals surface area contributed by atoms with Crippen LogP contribution in [-0.2, 0) is 13.6 Å². The van der Waals surface area contributed by atoms with Crippen molar-refractivity contribution < 1.29 is 4.79 Å². The Balaban J connectivity index is 1.91. The van der Waals surface area contributed by atoms with E-state index in [-0.39, 0.29) is 6.03 Å². The van der Waals surface area contributed by atoms with Crippen LogP contribution in [0.15, 0.2) is 43.4 Å². The molecule has 2 aromatic rings. The molecule has 0 aliphatic rings. The third-order valence-electron chi connectivity index (χ3n) is 2.69. The van der Waals surface area contributed by atoms with Crippen molar-refractivity contribution in [1.29, 1.82) is 0 Å². The molecule has 2 heterocycles. The van der Waals surface area contributed by atoms with Crippen LogP contribution in [-0.4, -0.2) is 27.3 Å². The molecule has 0 bridgehead atoms. The van der Waals surface area contributed by atoms with E-state index in [1.165, 1.54) is 0 Å². The number of nitrogens with one attached hydrogen (secondary N) is 2. The fourth-order valence-electron chi connectivity index (χ4n) is 1.66. The zero-order valence-corrected chi connectivity index (χ0v) is 11.3. The maximum absolute atomic E-state index is 11.4. The molecular weight excluding hydrogens is 254 g/mol. The van der Waals surface area contributed by atoms with E-state index in [1.807, 2.05) is 25.4 Å². The van der Waals surface area contributed by atoms with Crippen LogP contribution >= 0.6 is 0 Å². The van der Waals surface area contributed by atoms with Crippen molar-refractivity contribution in [3.05, 3.63) is 48.9 Å². The number of hydrogen-bond donors (Lipinski definition) is 2. The van der Waals surface area contributed by atoms with Crippen LogP contribution in [0.3, 0.4) is 0 Å². The van der Waals surface area contributed by atoms with Crippen LogP contribution in [0.2, 0.25) is 0 Å². The number of aromatic nitrogens is 3. The van der Waals surface area contributed by atoms with Crippen LogP contribution in [0.4, 0.5) is 4.79 Å². The first kappa shape index (κ1) is 13.8. The number of urea groups is 1. The first-order chi connectivity index (χ1) is 9.69. The standard InChI is InChI=1S/C14H17N5O/c1-3-6-15-14(20)17-8-11-4-5-13(16-7-11)12-9-18-19(2)10-12/h3-5,7,9-10H,1,6,8H2,2H3,(H2,15,17,20). The number of carbonyl (C=O) groups excluding carboxylic acids is 1. The lowest BCUT2D eigenvalue weighted by Gasteiger charge is -2.06. The molecule has 0 fully saturated rings. The van der Waals surface area contributed by atoms with Crippen LogP contribution in [0.1, 0.15) is 5.56 Å². The van der Waals surface area contributed by atoms with Crippen LogP contribution < -0.4 is 10.6 Å². The number of pyridine rings is 1. The lowest BCUT2D eigenvalue weighted by atomic mass is 10.2. The van der Waals surface area contributed by atoms with Gasteiger partial charge in [0.25, 0.3) is 0 Å². The van der Waals surface area contributed by atoms with Crippen molar-refractivity contribution in [1.82, 2.24) is 25.4 Å². The molecule has 0 unspecified atom stereocenters. The Hall–Kier alpha value is -2.63. The highest BCUT2D eigenvalue weighted by Crippen LogP contribution is 2.15. The van der Waals surface area contributed by atoms with E-state index in [1.54, 1.807) is 23.2 Å². The molecule has 0 saturated carbocycles. The van der Waals surface area contributed by atoms with Crippen LogP contribution in [0, 0.1) is 0 Å². The van der Waals surface area contributed by atoms with Gasteiger partial charge in [-0.05, 0) is 11.6 Å². The predicted octanol–water partition coefficient (Wildman–Crippen LogP) is 1.47. The molecule has 6 heteroatoms. The zero-order chi connectivity index (χ0) is 14.4. The highest BCUT2D eigenvalue weighted by Gasteiger charge is 2.03. The Labute approximate surface area is 117 Å². The maximum atomic E-state index is 11.4. The summed E-state index contributed by atoms with van der Waals surface area (Å²) in [7, 11) is 1.86. The molecule has 0 saturated heterocycles. The highest BCUT2D eigenvalue weighted by molar-refractivity contribution is 5.73. The van der Waals surface area contributed by atoms with Crippen molar-refractivity contribution in [2.45, 2.75) is 6.54 Å². The largest absolute Gasteiger partial charge is 0.335 e.